The molecule has 0 bridgehead atoms. The molecule has 2 rings (SSSR count). The van der Waals surface area contributed by atoms with E-state index in [1.807, 2.05) is 6.92 Å². The molecule has 0 saturated carbocycles. The van der Waals surface area contributed by atoms with Gasteiger partial charge in [0.1, 0.15) is 11.6 Å². The second-order valence-electron chi connectivity index (χ2n) is 3.39. The van der Waals surface area contributed by atoms with Crippen molar-refractivity contribution in [2.75, 3.05) is 5.73 Å². The van der Waals surface area contributed by atoms with Gasteiger partial charge in [-0.3, -0.25) is 0 Å². The highest BCUT2D eigenvalue weighted by molar-refractivity contribution is 9.10. The van der Waals surface area contributed by atoms with Gasteiger partial charge in [-0.1, -0.05) is 0 Å². The molecule has 2 N–H and O–H groups in total. The van der Waals surface area contributed by atoms with Gasteiger partial charge in [0.2, 0.25) is 0 Å². The second kappa shape index (κ2) is 4.17. The number of nitrogen functional groups attached to an aromatic ring is 1. The van der Waals surface area contributed by atoms with E-state index in [2.05, 4.69) is 25.9 Å². The number of nitrogens with two attached hydrogens (primary N) is 1. The van der Waals surface area contributed by atoms with E-state index in [0.29, 0.717) is 21.7 Å². The Morgan fingerprint density at radius 3 is 2.62 bits per heavy atom. The summed E-state index contributed by atoms with van der Waals surface area (Å²) in [5, 5.41) is 0. The summed E-state index contributed by atoms with van der Waals surface area (Å²) in [6.45, 7) is 1.82. The molecule has 16 heavy (non-hydrogen) atoms. The number of hydrogen-bond donors (Lipinski definition) is 1. The summed E-state index contributed by atoms with van der Waals surface area (Å²) in [5.74, 6) is 0.468. The van der Waals surface area contributed by atoms with Gasteiger partial charge in [0, 0.05) is 17.3 Å². The molecule has 0 aliphatic rings. The number of halogens is 2. The summed E-state index contributed by atoms with van der Waals surface area (Å²) in [7, 11) is 0. The predicted molar refractivity (Wildman–Crippen MR) is 64.3 cm³/mol. The van der Waals surface area contributed by atoms with Gasteiger partial charge in [-0.15, -0.1) is 0 Å². The number of benzene rings is 1. The smallest absolute Gasteiger partial charge is 0.161 e. The lowest BCUT2D eigenvalue weighted by atomic mass is 10.2. The van der Waals surface area contributed by atoms with Crippen molar-refractivity contribution in [2.24, 2.45) is 0 Å². The van der Waals surface area contributed by atoms with Crippen LogP contribution in [0.5, 0.6) is 0 Å². The van der Waals surface area contributed by atoms with E-state index in [0.717, 1.165) is 5.69 Å². The van der Waals surface area contributed by atoms with E-state index in [1.165, 1.54) is 6.07 Å². The highest BCUT2D eigenvalue weighted by Crippen LogP contribution is 2.22. The van der Waals surface area contributed by atoms with Gasteiger partial charge in [0.05, 0.1) is 4.47 Å². The number of anilines is 1. The Morgan fingerprint density at radius 2 is 2.00 bits per heavy atom. The van der Waals surface area contributed by atoms with E-state index < -0.39 is 0 Å². The monoisotopic (exact) mass is 281 g/mol. The lowest BCUT2D eigenvalue weighted by Gasteiger charge is -2.03. The van der Waals surface area contributed by atoms with Gasteiger partial charge in [0.15, 0.2) is 5.82 Å². The van der Waals surface area contributed by atoms with Gasteiger partial charge >= 0.3 is 0 Å². The summed E-state index contributed by atoms with van der Waals surface area (Å²) in [5.41, 5.74) is 6.97. The molecular formula is C11H9BrFN3. The number of aromatic nitrogens is 2. The Balaban J connectivity index is 2.54. The highest BCUT2D eigenvalue weighted by Gasteiger charge is 2.06. The molecule has 0 fully saturated rings. The van der Waals surface area contributed by atoms with Crippen LogP contribution in [-0.2, 0) is 0 Å². The van der Waals surface area contributed by atoms with Gasteiger partial charge in [0.25, 0.3) is 0 Å². The van der Waals surface area contributed by atoms with Crippen molar-refractivity contribution in [3.05, 3.63) is 40.2 Å². The highest BCUT2D eigenvalue weighted by atomic mass is 79.9. The maximum atomic E-state index is 13.3. The Morgan fingerprint density at radius 1 is 1.25 bits per heavy atom. The van der Waals surface area contributed by atoms with Crippen molar-refractivity contribution >= 4 is 21.7 Å². The molecule has 0 saturated heterocycles. The van der Waals surface area contributed by atoms with E-state index in [4.69, 9.17) is 5.73 Å². The van der Waals surface area contributed by atoms with Crippen molar-refractivity contribution in [3.63, 3.8) is 0 Å². The fourth-order valence-electron chi connectivity index (χ4n) is 1.36. The molecule has 0 unspecified atom stereocenters. The molecule has 1 aromatic carbocycles. The Bertz CT molecular complexity index is 522. The topological polar surface area (TPSA) is 51.8 Å². The third kappa shape index (κ3) is 2.19. The first-order valence-corrected chi connectivity index (χ1v) is 5.42. The number of nitrogens with zero attached hydrogens (tertiary/aromatic N) is 2. The number of hydrogen-bond acceptors (Lipinski definition) is 3. The van der Waals surface area contributed by atoms with E-state index in [9.17, 15) is 4.39 Å². The molecule has 1 aromatic heterocycles. The zero-order valence-corrected chi connectivity index (χ0v) is 10.1. The summed E-state index contributed by atoms with van der Waals surface area (Å²) in [6.07, 6.45) is 0. The molecule has 82 valence electrons. The minimum Gasteiger partial charge on any atom is -0.384 e. The van der Waals surface area contributed by atoms with Crippen molar-refractivity contribution in [1.82, 2.24) is 9.97 Å². The summed E-state index contributed by atoms with van der Waals surface area (Å²) < 4.78 is 13.7. The third-order valence-electron chi connectivity index (χ3n) is 2.05. The van der Waals surface area contributed by atoms with Crippen LogP contribution in [0.25, 0.3) is 11.4 Å². The van der Waals surface area contributed by atoms with Crippen molar-refractivity contribution in [3.8, 4) is 11.4 Å². The van der Waals surface area contributed by atoms with Crippen LogP contribution in [0.4, 0.5) is 10.2 Å². The normalized spacial score (nSPS) is 10.4. The first-order valence-electron chi connectivity index (χ1n) is 4.63. The Hall–Kier alpha value is -1.49. The van der Waals surface area contributed by atoms with Crippen LogP contribution in [0.2, 0.25) is 0 Å². The molecule has 0 amide bonds. The zero-order chi connectivity index (χ0) is 11.7. The van der Waals surface area contributed by atoms with Crippen molar-refractivity contribution in [2.45, 2.75) is 6.92 Å². The van der Waals surface area contributed by atoms with E-state index in [1.54, 1.807) is 18.2 Å². The lowest BCUT2D eigenvalue weighted by Crippen LogP contribution is -1.97. The summed E-state index contributed by atoms with van der Waals surface area (Å²) in [6, 6.07) is 6.39. The second-order valence-corrected chi connectivity index (χ2v) is 4.24. The standard InChI is InChI=1S/C11H9BrFN3/c1-6-4-10(14)16-11(15-6)7-2-3-8(12)9(13)5-7/h2-5H,1H3,(H2,14,15,16). The summed E-state index contributed by atoms with van der Waals surface area (Å²) >= 11 is 3.09. The maximum absolute atomic E-state index is 13.3. The average Bonchev–Trinajstić information content (AvgIpc) is 2.20. The third-order valence-corrected chi connectivity index (χ3v) is 2.69. The fraction of sp³-hybridized carbons (Fsp3) is 0.0909. The first-order chi connectivity index (χ1) is 7.56. The number of rotatable bonds is 1. The molecular weight excluding hydrogens is 273 g/mol. The number of aryl methyl sites for hydroxylation is 1. The van der Waals surface area contributed by atoms with Gasteiger partial charge in [-0.2, -0.15) is 0 Å². The SMILES string of the molecule is Cc1cc(N)nc(-c2ccc(Br)c(F)c2)n1. The minimum absolute atomic E-state index is 0.346. The van der Waals surface area contributed by atoms with Crippen LogP contribution in [0.3, 0.4) is 0 Å². The Labute approximate surface area is 101 Å². The minimum atomic E-state index is -0.346. The molecule has 3 nitrogen and oxygen atoms in total. The summed E-state index contributed by atoms with van der Waals surface area (Å²) in [4.78, 5) is 8.26. The van der Waals surface area contributed by atoms with E-state index >= 15 is 0 Å². The molecule has 1 heterocycles. The maximum Gasteiger partial charge on any atom is 0.161 e. The van der Waals surface area contributed by atoms with Crippen LogP contribution in [-0.4, -0.2) is 9.97 Å². The van der Waals surface area contributed by atoms with Crippen molar-refractivity contribution < 1.29 is 4.39 Å². The molecule has 0 aliphatic carbocycles. The van der Waals surface area contributed by atoms with Gasteiger partial charge < -0.3 is 5.73 Å². The molecule has 2 aromatic rings. The average molecular weight is 282 g/mol. The van der Waals surface area contributed by atoms with Crippen LogP contribution in [0, 0.1) is 12.7 Å². The van der Waals surface area contributed by atoms with Crippen molar-refractivity contribution in [1.29, 1.82) is 0 Å². The van der Waals surface area contributed by atoms with Crippen LogP contribution in [0.15, 0.2) is 28.7 Å². The van der Waals surface area contributed by atoms with E-state index in [-0.39, 0.29) is 5.82 Å². The molecule has 5 heteroatoms. The van der Waals surface area contributed by atoms with Crippen LogP contribution < -0.4 is 5.73 Å². The molecule has 0 radical (unpaired) electrons. The first kappa shape index (κ1) is 11.0. The fourth-order valence-corrected chi connectivity index (χ4v) is 1.60. The Kier molecular flexibility index (Phi) is 2.87. The predicted octanol–water partition coefficient (Wildman–Crippen LogP) is 2.94. The molecule has 0 spiro atoms. The molecule has 0 aliphatic heterocycles. The van der Waals surface area contributed by atoms with Crippen LogP contribution >= 0.6 is 15.9 Å². The molecule has 0 atom stereocenters. The van der Waals surface area contributed by atoms with Crippen LogP contribution in [0.1, 0.15) is 5.69 Å². The zero-order valence-electron chi connectivity index (χ0n) is 8.54. The van der Waals surface area contributed by atoms with Gasteiger partial charge in [-0.05, 0) is 41.1 Å². The lowest BCUT2D eigenvalue weighted by molar-refractivity contribution is 0.621. The van der Waals surface area contributed by atoms with Gasteiger partial charge in [-0.25, -0.2) is 14.4 Å². The largest absolute Gasteiger partial charge is 0.384 e. The quantitative estimate of drug-likeness (QED) is 0.874.